The molecule has 1 aliphatic rings. The van der Waals surface area contributed by atoms with Crippen LogP contribution < -0.4 is 0 Å². The van der Waals surface area contributed by atoms with Gasteiger partial charge in [-0.1, -0.05) is 0 Å². The Labute approximate surface area is 86.1 Å². The Bertz CT molecular complexity index is 188. The maximum atomic E-state index is 11.8. The molecule has 1 aliphatic carbocycles. The lowest BCUT2D eigenvalue weighted by Crippen LogP contribution is -2.38. The average Bonchev–Trinajstić information content (AvgIpc) is 2.88. The Kier molecular flexibility index (Phi) is 4.39. The number of hydrogen-bond acceptors (Lipinski definition) is 2. The molecule has 3 heteroatoms. The molecule has 1 N–H and O–H groups in total. The predicted molar refractivity (Wildman–Crippen MR) is 55.9 cm³/mol. The van der Waals surface area contributed by atoms with Crippen LogP contribution in [0.3, 0.4) is 0 Å². The van der Waals surface area contributed by atoms with Gasteiger partial charge in [-0.25, -0.2) is 0 Å². The third kappa shape index (κ3) is 3.66. The molecule has 1 fully saturated rings. The van der Waals surface area contributed by atoms with Gasteiger partial charge in [0.05, 0.1) is 0 Å². The van der Waals surface area contributed by atoms with Crippen molar-refractivity contribution in [2.24, 2.45) is 5.92 Å². The van der Waals surface area contributed by atoms with Gasteiger partial charge >= 0.3 is 0 Å². The molecule has 1 saturated carbocycles. The molecule has 1 rings (SSSR count). The third-order valence-electron chi connectivity index (χ3n) is 2.66. The van der Waals surface area contributed by atoms with E-state index in [1.165, 1.54) is 12.8 Å². The van der Waals surface area contributed by atoms with Crippen LogP contribution in [0.2, 0.25) is 0 Å². The summed E-state index contributed by atoms with van der Waals surface area (Å²) in [4.78, 5) is 13.7. The summed E-state index contributed by atoms with van der Waals surface area (Å²) in [6.07, 6.45) is 3.84. The molecule has 0 unspecified atom stereocenters. The monoisotopic (exact) mass is 199 g/mol. The van der Waals surface area contributed by atoms with E-state index in [4.69, 9.17) is 5.11 Å². The van der Waals surface area contributed by atoms with Gasteiger partial charge in [0.15, 0.2) is 0 Å². The quantitative estimate of drug-likeness (QED) is 0.702. The van der Waals surface area contributed by atoms with Crippen molar-refractivity contribution in [2.75, 3.05) is 13.2 Å². The molecular formula is C11H21NO2. The Morgan fingerprint density at radius 1 is 1.50 bits per heavy atom. The van der Waals surface area contributed by atoms with Crippen LogP contribution in [0.25, 0.3) is 0 Å². The SMILES string of the molecule is CC(C)N(CCCO)C(=O)CC1CC1. The van der Waals surface area contributed by atoms with Gasteiger partial charge in [0, 0.05) is 25.6 Å². The molecule has 3 nitrogen and oxygen atoms in total. The van der Waals surface area contributed by atoms with Crippen LogP contribution in [-0.2, 0) is 4.79 Å². The second-order valence-corrected chi connectivity index (χ2v) is 4.41. The van der Waals surface area contributed by atoms with E-state index in [2.05, 4.69) is 0 Å². The van der Waals surface area contributed by atoms with Crippen molar-refractivity contribution in [3.63, 3.8) is 0 Å². The highest BCUT2D eigenvalue weighted by molar-refractivity contribution is 5.77. The number of carbonyl (C=O) groups excluding carboxylic acids is 1. The van der Waals surface area contributed by atoms with Crippen LogP contribution in [0.1, 0.15) is 39.5 Å². The van der Waals surface area contributed by atoms with Gasteiger partial charge in [0.1, 0.15) is 0 Å². The number of nitrogens with zero attached hydrogens (tertiary/aromatic N) is 1. The highest BCUT2D eigenvalue weighted by Crippen LogP contribution is 2.33. The molecule has 0 aliphatic heterocycles. The first-order chi connectivity index (χ1) is 6.65. The lowest BCUT2D eigenvalue weighted by molar-refractivity contribution is -0.133. The van der Waals surface area contributed by atoms with Gasteiger partial charge in [-0.05, 0) is 39.0 Å². The van der Waals surface area contributed by atoms with E-state index >= 15 is 0 Å². The topological polar surface area (TPSA) is 40.5 Å². The fourth-order valence-electron chi connectivity index (χ4n) is 1.60. The first-order valence-electron chi connectivity index (χ1n) is 5.55. The standard InChI is InChI=1S/C11H21NO2/c1-9(2)12(6-3-7-13)11(14)8-10-4-5-10/h9-10,13H,3-8H2,1-2H3. The number of amides is 1. The van der Waals surface area contributed by atoms with Crippen molar-refractivity contribution >= 4 is 5.91 Å². The average molecular weight is 199 g/mol. The zero-order valence-corrected chi connectivity index (χ0v) is 9.20. The maximum absolute atomic E-state index is 11.8. The lowest BCUT2D eigenvalue weighted by atomic mass is 10.2. The van der Waals surface area contributed by atoms with Crippen LogP contribution >= 0.6 is 0 Å². The zero-order valence-electron chi connectivity index (χ0n) is 9.20. The molecule has 0 aromatic rings. The number of hydrogen-bond donors (Lipinski definition) is 1. The molecule has 0 aromatic carbocycles. The minimum absolute atomic E-state index is 0.167. The maximum Gasteiger partial charge on any atom is 0.223 e. The molecule has 0 bridgehead atoms. The highest BCUT2D eigenvalue weighted by atomic mass is 16.3. The number of rotatable bonds is 6. The van der Waals surface area contributed by atoms with E-state index in [0.717, 1.165) is 0 Å². The molecule has 1 amide bonds. The van der Waals surface area contributed by atoms with E-state index in [1.807, 2.05) is 18.7 Å². The predicted octanol–water partition coefficient (Wildman–Crippen LogP) is 1.41. The van der Waals surface area contributed by atoms with Crippen LogP contribution in [0.15, 0.2) is 0 Å². The van der Waals surface area contributed by atoms with E-state index in [1.54, 1.807) is 0 Å². The molecule has 0 saturated heterocycles. The molecular weight excluding hydrogens is 178 g/mol. The van der Waals surface area contributed by atoms with Crippen LogP contribution in [0.5, 0.6) is 0 Å². The van der Waals surface area contributed by atoms with Crippen LogP contribution in [0, 0.1) is 5.92 Å². The summed E-state index contributed by atoms with van der Waals surface area (Å²) in [7, 11) is 0. The van der Waals surface area contributed by atoms with Crippen molar-refractivity contribution in [3.05, 3.63) is 0 Å². The summed E-state index contributed by atoms with van der Waals surface area (Å²) in [5.41, 5.74) is 0. The molecule has 0 radical (unpaired) electrons. The fourth-order valence-corrected chi connectivity index (χ4v) is 1.60. The van der Waals surface area contributed by atoms with Crippen molar-refractivity contribution < 1.29 is 9.90 Å². The fraction of sp³-hybridized carbons (Fsp3) is 0.909. The van der Waals surface area contributed by atoms with Crippen molar-refractivity contribution in [1.82, 2.24) is 4.90 Å². The lowest BCUT2D eigenvalue weighted by Gasteiger charge is -2.26. The second-order valence-electron chi connectivity index (χ2n) is 4.41. The largest absolute Gasteiger partial charge is 0.396 e. The van der Waals surface area contributed by atoms with E-state index in [9.17, 15) is 4.79 Å². The van der Waals surface area contributed by atoms with Gasteiger partial charge in [-0.3, -0.25) is 4.79 Å². The van der Waals surface area contributed by atoms with Crippen LogP contribution in [-0.4, -0.2) is 35.1 Å². The molecule has 14 heavy (non-hydrogen) atoms. The van der Waals surface area contributed by atoms with E-state index < -0.39 is 0 Å². The number of carbonyl (C=O) groups is 1. The first-order valence-corrected chi connectivity index (χ1v) is 5.55. The van der Waals surface area contributed by atoms with Crippen molar-refractivity contribution in [2.45, 2.75) is 45.6 Å². The first kappa shape index (κ1) is 11.5. The zero-order chi connectivity index (χ0) is 10.6. The third-order valence-corrected chi connectivity index (χ3v) is 2.66. The summed E-state index contributed by atoms with van der Waals surface area (Å²) in [6.45, 7) is 4.92. The normalized spacial score (nSPS) is 16.0. The van der Waals surface area contributed by atoms with Gasteiger partial charge < -0.3 is 10.0 Å². The van der Waals surface area contributed by atoms with Gasteiger partial charge in [0.25, 0.3) is 0 Å². The van der Waals surface area contributed by atoms with Gasteiger partial charge in [0.2, 0.25) is 5.91 Å². The molecule has 82 valence electrons. The Hall–Kier alpha value is -0.570. The number of aliphatic hydroxyl groups excluding tert-OH is 1. The van der Waals surface area contributed by atoms with E-state index in [-0.39, 0.29) is 18.6 Å². The highest BCUT2D eigenvalue weighted by Gasteiger charge is 2.27. The summed E-state index contributed by atoms with van der Waals surface area (Å²) >= 11 is 0. The summed E-state index contributed by atoms with van der Waals surface area (Å²) < 4.78 is 0. The number of aliphatic hydroxyl groups is 1. The van der Waals surface area contributed by atoms with Crippen molar-refractivity contribution in [1.29, 1.82) is 0 Å². The summed E-state index contributed by atoms with van der Waals surface area (Å²) in [6, 6.07) is 0.257. The summed E-state index contributed by atoms with van der Waals surface area (Å²) in [5, 5.41) is 8.73. The minimum atomic E-state index is 0.167. The Morgan fingerprint density at radius 3 is 2.57 bits per heavy atom. The van der Waals surface area contributed by atoms with Gasteiger partial charge in [-0.15, -0.1) is 0 Å². The second kappa shape index (κ2) is 5.35. The molecule has 0 spiro atoms. The Balaban J connectivity index is 2.34. The van der Waals surface area contributed by atoms with Crippen molar-refractivity contribution in [3.8, 4) is 0 Å². The molecule has 0 heterocycles. The molecule has 0 atom stereocenters. The summed E-state index contributed by atoms with van der Waals surface area (Å²) in [5.74, 6) is 0.911. The van der Waals surface area contributed by atoms with E-state index in [0.29, 0.717) is 25.3 Å². The van der Waals surface area contributed by atoms with Gasteiger partial charge in [-0.2, -0.15) is 0 Å². The Morgan fingerprint density at radius 2 is 2.14 bits per heavy atom. The minimum Gasteiger partial charge on any atom is -0.396 e. The molecule has 0 aromatic heterocycles. The van der Waals surface area contributed by atoms with Crippen LogP contribution in [0.4, 0.5) is 0 Å². The smallest absolute Gasteiger partial charge is 0.223 e.